The highest BCUT2D eigenvalue weighted by Crippen LogP contribution is 2.36. The van der Waals surface area contributed by atoms with Crippen LogP contribution in [0.15, 0.2) is 43.0 Å². The van der Waals surface area contributed by atoms with Gasteiger partial charge in [0.15, 0.2) is 6.19 Å². The van der Waals surface area contributed by atoms with Crippen LogP contribution in [0.3, 0.4) is 0 Å². The van der Waals surface area contributed by atoms with Gasteiger partial charge in [0.1, 0.15) is 17.4 Å². The van der Waals surface area contributed by atoms with Crippen LogP contribution in [-0.4, -0.2) is 42.4 Å². The second-order valence-electron chi connectivity index (χ2n) is 7.91. The molecule has 0 aliphatic carbocycles. The zero-order valence-electron chi connectivity index (χ0n) is 17.9. The lowest BCUT2D eigenvalue weighted by atomic mass is 10.1. The Balaban J connectivity index is 1.56. The van der Waals surface area contributed by atoms with Gasteiger partial charge in [-0.25, -0.2) is 4.52 Å². The lowest BCUT2D eigenvalue weighted by molar-refractivity contribution is 0.228. The van der Waals surface area contributed by atoms with Gasteiger partial charge in [0.05, 0.1) is 23.5 Å². The molecule has 0 saturated carbocycles. The number of fused-ring (bicyclic) bond motifs is 2. The van der Waals surface area contributed by atoms with E-state index in [9.17, 15) is 5.26 Å². The number of rotatable bonds is 4. The smallest absolute Gasteiger partial charge is 0.179 e. The Hall–Kier alpha value is -3.57. The number of nitrogens with zero attached hydrogens (tertiary/aromatic N) is 7. The van der Waals surface area contributed by atoms with E-state index in [4.69, 9.17) is 21.4 Å². The van der Waals surface area contributed by atoms with Crippen molar-refractivity contribution in [1.29, 1.82) is 5.26 Å². The fraction of sp³-hybridized carbons (Fsp3) is 0.304. The van der Waals surface area contributed by atoms with Crippen LogP contribution in [0, 0.1) is 18.4 Å². The minimum atomic E-state index is -0.217. The second kappa shape index (κ2) is 8.17. The summed E-state index contributed by atoms with van der Waals surface area (Å²) in [5.41, 5.74) is 5.74. The van der Waals surface area contributed by atoms with Crippen LogP contribution in [0.25, 0.3) is 16.8 Å². The van der Waals surface area contributed by atoms with Crippen molar-refractivity contribution >= 4 is 17.1 Å². The number of ether oxygens (including phenoxy) is 1. The molecule has 4 aromatic heterocycles. The monoisotopic (exact) mass is 447 g/mol. The molecule has 1 unspecified atom stereocenters. The minimum Gasteiger partial charge on any atom is -0.484 e. The minimum absolute atomic E-state index is 0.217. The third kappa shape index (κ3) is 3.55. The summed E-state index contributed by atoms with van der Waals surface area (Å²) in [6.07, 6.45) is 9.89. The fourth-order valence-electron chi connectivity index (χ4n) is 4.17. The van der Waals surface area contributed by atoms with E-state index in [2.05, 4.69) is 23.2 Å². The maximum Gasteiger partial charge on any atom is 0.179 e. The molecule has 5 heterocycles. The highest BCUT2D eigenvalue weighted by molar-refractivity contribution is 6.34. The molecule has 5 rings (SSSR count). The van der Waals surface area contributed by atoms with Crippen molar-refractivity contribution in [2.45, 2.75) is 32.9 Å². The van der Waals surface area contributed by atoms with E-state index in [0.29, 0.717) is 35.9 Å². The predicted octanol–water partition coefficient (Wildman–Crippen LogP) is 4.03. The van der Waals surface area contributed by atoms with Gasteiger partial charge in [-0.2, -0.15) is 15.5 Å². The average molecular weight is 448 g/mol. The third-order valence-corrected chi connectivity index (χ3v) is 6.20. The van der Waals surface area contributed by atoms with Gasteiger partial charge in [0.25, 0.3) is 0 Å². The number of hydrogen-bond donors (Lipinski definition) is 0. The van der Waals surface area contributed by atoms with Crippen LogP contribution >= 0.6 is 11.6 Å². The van der Waals surface area contributed by atoms with E-state index in [0.717, 1.165) is 34.5 Å². The molecular weight excluding hydrogens is 426 g/mol. The van der Waals surface area contributed by atoms with Gasteiger partial charge in [-0.15, -0.1) is 0 Å². The first-order chi connectivity index (χ1) is 15.5. The number of nitriles is 1. The van der Waals surface area contributed by atoms with Crippen molar-refractivity contribution in [1.82, 2.24) is 29.3 Å². The molecule has 32 heavy (non-hydrogen) atoms. The third-order valence-electron chi connectivity index (χ3n) is 5.93. The van der Waals surface area contributed by atoms with Crippen molar-refractivity contribution in [3.8, 4) is 23.2 Å². The zero-order valence-corrected chi connectivity index (χ0v) is 18.6. The number of aromatic nitrogens is 5. The van der Waals surface area contributed by atoms with Crippen molar-refractivity contribution < 1.29 is 4.74 Å². The standard InChI is InChI=1S/C23H22ClN7O/c1-15-20-5-7-29(14-25)8-9-30(20)28-22(15)18-10-21(23-19(24)12-27-31(23)13-18)32-16(2)17-4-3-6-26-11-17/h3-4,6,10-13,16H,5,7-9H2,1-2H3. The molecule has 0 radical (unpaired) electrons. The summed E-state index contributed by atoms with van der Waals surface area (Å²) < 4.78 is 10.1. The van der Waals surface area contributed by atoms with Gasteiger partial charge < -0.3 is 9.64 Å². The van der Waals surface area contributed by atoms with Crippen LogP contribution in [0.1, 0.15) is 29.8 Å². The zero-order chi connectivity index (χ0) is 22.2. The van der Waals surface area contributed by atoms with Gasteiger partial charge in [-0.05, 0) is 31.5 Å². The maximum atomic E-state index is 9.23. The summed E-state index contributed by atoms with van der Waals surface area (Å²) in [5, 5.41) is 19.0. The van der Waals surface area contributed by atoms with E-state index < -0.39 is 0 Å². The Labute approximate surface area is 190 Å². The van der Waals surface area contributed by atoms with Crippen LogP contribution in [-0.2, 0) is 13.0 Å². The maximum absolute atomic E-state index is 9.23. The first kappa shape index (κ1) is 20.3. The highest BCUT2D eigenvalue weighted by Gasteiger charge is 2.22. The van der Waals surface area contributed by atoms with Gasteiger partial charge >= 0.3 is 0 Å². The van der Waals surface area contributed by atoms with E-state index in [-0.39, 0.29) is 6.10 Å². The molecule has 0 aromatic carbocycles. The van der Waals surface area contributed by atoms with Crippen molar-refractivity contribution in [2.24, 2.45) is 0 Å². The van der Waals surface area contributed by atoms with Gasteiger partial charge in [0.2, 0.25) is 0 Å². The summed E-state index contributed by atoms with van der Waals surface area (Å²) in [6, 6.07) is 5.85. The van der Waals surface area contributed by atoms with E-state index in [1.807, 2.05) is 36.0 Å². The summed E-state index contributed by atoms with van der Waals surface area (Å²) >= 11 is 6.44. The first-order valence-corrected chi connectivity index (χ1v) is 10.9. The first-order valence-electron chi connectivity index (χ1n) is 10.5. The largest absolute Gasteiger partial charge is 0.484 e. The Morgan fingerprint density at radius 2 is 2.12 bits per heavy atom. The molecule has 0 N–H and O–H groups in total. The normalized spacial score (nSPS) is 14.6. The van der Waals surface area contributed by atoms with Crippen LogP contribution in [0.2, 0.25) is 5.02 Å². The molecule has 162 valence electrons. The fourth-order valence-corrected chi connectivity index (χ4v) is 4.40. The van der Waals surface area contributed by atoms with Gasteiger partial charge in [-0.3, -0.25) is 9.67 Å². The van der Waals surface area contributed by atoms with Crippen molar-refractivity contribution in [3.63, 3.8) is 0 Å². The molecule has 0 bridgehead atoms. The molecule has 0 amide bonds. The SMILES string of the molecule is Cc1c(-c2cc(OC(C)c3cccnc3)c3c(Cl)cnn3c2)nn2c1CCN(C#N)CC2. The lowest BCUT2D eigenvalue weighted by Gasteiger charge is -2.17. The molecule has 9 heteroatoms. The molecule has 1 atom stereocenters. The molecule has 8 nitrogen and oxygen atoms in total. The number of hydrogen-bond acceptors (Lipinski definition) is 6. The summed E-state index contributed by atoms with van der Waals surface area (Å²) in [7, 11) is 0. The molecule has 0 saturated heterocycles. The molecule has 4 aromatic rings. The summed E-state index contributed by atoms with van der Waals surface area (Å²) in [5.74, 6) is 0.639. The molecule has 0 spiro atoms. The van der Waals surface area contributed by atoms with Crippen molar-refractivity contribution in [2.75, 3.05) is 13.1 Å². The summed E-state index contributed by atoms with van der Waals surface area (Å²) in [4.78, 5) is 5.97. The Bertz CT molecular complexity index is 1320. The molecule has 0 fully saturated rings. The lowest BCUT2D eigenvalue weighted by Crippen LogP contribution is -2.21. The topological polar surface area (TPSA) is 84.3 Å². The Kier molecular flexibility index (Phi) is 5.19. The van der Waals surface area contributed by atoms with Crippen LogP contribution < -0.4 is 4.74 Å². The average Bonchev–Trinajstić information content (AvgIpc) is 3.25. The molecular formula is C23H22ClN7O. The Morgan fingerprint density at radius 1 is 1.25 bits per heavy atom. The second-order valence-corrected chi connectivity index (χ2v) is 8.31. The van der Waals surface area contributed by atoms with Gasteiger partial charge in [-0.1, -0.05) is 17.7 Å². The number of pyridine rings is 2. The predicted molar refractivity (Wildman–Crippen MR) is 120 cm³/mol. The molecule has 1 aliphatic rings. The Morgan fingerprint density at radius 3 is 2.91 bits per heavy atom. The van der Waals surface area contributed by atoms with Crippen LogP contribution in [0.5, 0.6) is 5.75 Å². The summed E-state index contributed by atoms with van der Waals surface area (Å²) in [6.45, 7) is 6.10. The van der Waals surface area contributed by atoms with E-state index in [1.165, 1.54) is 0 Å². The molecule has 1 aliphatic heterocycles. The quantitative estimate of drug-likeness (QED) is 0.439. The highest BCUT2D eigenvalue weighted by atomic mass is 35.5. The van der Waals surface area contributed by atoms with E-state index in [1.54, 1.807) is 28.0 Å². The van der Waals surface area contributed by atoms with Crippen molar-refractivity contribution in [3.05, 3.63) is 64.8 Å². The number of halogens is 1. The van der Waals surface area contributed by atoms with E-state index >= 15 is 0 Å². The van der Waals surface area contributed by atoms with Crippen LogP contribution in [0.4, 0.5) is 0 Å². The van der Waals surface area contributed by atoms with Gasteiger partial charge in [0, 0.05) is 54.9 Å².